The third-order valence-electron chi connectivity index (χ3n) is 4.44. The predicted molar refractivity (Wildman–Crippen MR) is 68.7 cm³/mol. The van der Waals surface area contributed by atoms with Crippen molar-refractivity contribution in [3.05, 3.63) is 35.9 Å². The third-order valence-corrected chi connectivity index (χ3v) is 4.44. The Balaban J connectivity index is 1.62. The number of hydrogen-bond donors (Lipinski definition) is 2. The van der Waals surface area contributed by atoms with Crippen LogP contribution in [-0.2, 0) is 0 Å². The van der Waals surface area contributed by atoms with Crippen molar-refractivity contribution < 1.29 is 5.11 Å². The van der Waals surface area contributed by atoms with Crippen molar-refractivity contribution in [3.63, 3.8) is 0 Å². The van der Waals surface area contributed by atoms with Gasteiger partial charge in [0.1, 0.15) is 0 Å². The molecule has 2 nitrogen and oxygen atoms in total. The van der Waals surface area contributed by atoms with Crippen LogP contribution in [0.1, 0.15) is 43.8 Å². The molecule has 0 spiro atoms. The second-order valence-corrected chi connectivity index (χ2v) is 5.68. The van der Waals surface area contributed by atoms with Crippen molar-refractivity contribution in [2.45, 2.75) is 44.2 Å². The summed E-state index contributed by atoms with van der Waals surface area (Å²) in [7, 11) is 0. The Morgan fingerprint density at radius 3 is 2.47 bits per heavy atom. The van der Waals surface area contributed by atoms with Crippen LogP contribution in [0.2, 0.25) is 0 Å². The van der Waals surface area contributed by atoms with Gasteiger partial charge in [-0.15, -0.1) is 0 Å². The summed E-state index contributed by atoms with van der Waals surface area (Å²) in [5.41, 5.74) is 1.19. The minimum atomic E-state index is -0.295. The van der Waals surface area contributed by atoms with Crippen LogP contribution in [0.5, 0.6) is 0 Å². The van der Waals surface area contributed by atoms with E-state index in [4.69, 9.17) is 0 Å². The Morgan fingerprint density at radius 2 is 1.94 bits per heavy atom. The maximum Gasteiger partial charge on any atom is 0.0858 e. The molecule has 2 N–H and O–H groups in total. The minimum Gasteiger partial charge on any atom is -0.388 e. The van der Waals surface area contributed by atoms with Gasteiger partial charge in [0, 0.05) is 18.0 Å². The maximum absolute atomic E-state index is 10.5. The van der Waals surface area contributed by atoms with E-state index in [9.17, 15) is 5.11 Å². The lowest BCUT2D eigenvalue weighted by Crippen LogP contribution is -2.40. The van der Waals surface area contributed by atoms with Crippen LogP contribution in [0.25, 0.3) is 0 Å². The molecule has 92 valence electrons. The first-order valence-electron chi connectivity index (χ1n) is 6.77. The number of hydrogen-bond acceptors (Lipinski definition) is 2. The van der Waals surface area contributed by atoms with Crippen LogP contribution < -0.4 is 5.32 Å². The zero-order valence-corrected chi connectivity index (χ0v) is 10.2. The van der Waals surface area contributed by atoms with Gasteiger partial charge in [0.15, 0.2) is 0 Å². The third kappa shape index (κ3) is 2.24. The molecule has 0 amide bonds. The van der Waals surface area contributed by atoms with Gasteiger partial charge in [0.25, 0.3) is 0 Å². The summed E-state index contributed by atoms with van der Waals surface area (Å²) in [4.78, 5) is 0. The molecule has 2 aliphatic rings. The molecular weight excluding hydrogens is 210 g/mol. The maximum atomic E-state index is 10.5. The lowest BCUT2D eigenvalue weighted by Gasteiger charge is -2.31. The van der Waals surface area contributed by atoms with Gasteiger partial charge < -0.3 is 10.4 Å². The van der Waals surface area contributed by atoms with Crippen molar-refractivity contribution in [2.24, 2.45) is 5.41 Å². The SMILES string of the molecule is OC(c1ccccc1)C1(CNC2CCC2)CC1. The Kier molecular flexibility index (Phi) is 2.93. The Morgan fingerprint density at radius 1 is 1.24 bits per heavy atom. The second kappa shape index (κ2) is 4.43. The molecule has 17 heavy (non-hydrogen) atoms. The lowest BCUT2D eigenvalue weighted by molar-refractivity contribution is 0.0873. The highest BCUT2D eigenvalue weighted by Crippen LogP contribution is 2.54. The van der Waals surface area contributed by atoms with E-state index in [1.807, 2.05) is 30.3 Å². The summed E-state index contributed by atoms with van der Waals surface area (Å²) in [5.74, 6) is 0. The summed E-state index contributed by atoms with van der Waals surface area (Å²) < 4.78 is 0. The van der Waals surface area contributed by atoms with Crippen LogP contribution >= 0.6 is 0 Å². The number of aliphatic hydroxyl groups is 1. The van der Waals surface area contributed by atoms with E-state index in [-0.39, 0.29) is 11.5 Å². The molecule has 3 rings (SSSR count). The van der Waals surface area contributed by atoms with Crippen LogP contribution in [0.3, 0.4) is 0 Å². The zero-order valence-electron chi connectivity index (χ0n) is 10.2. The molecular formula is C15H21NO. The van der Waals surface area contributed by atoms with E-state index >= 15 is 0 Å². The second-order valence-electron chi connectivity index (χ2n) is 5.68. The molecule has 0 aliphatic heterocycles. The van der Waals surface area contributed by atoms with Gasteiger partial charge in [-0.2, -0.15) is 0 Å². The van der Waals surface area contributed by atoms with E-state index in [0.29, 0.717) is 0 Å². The molecule has 1 aromatic carbocycles. The minimum absolute atomic E-state index is 0.122. The number of nitrogens with one attached hydrogen (secondary N) is 1. The summed E-state index contributed by atoms with van der Waals surface area (Å²) in [6.07, 6.45) is 6.02. The molecule has 2 saturated carbocycles. The van der Waals surface area contributed by atoms with E-state index in [0.717, 1.165) is 31.0 Å². The Bertz CT molecular complexity index is 368. The first kappa shape index (κ1) is 11.2. The molecule has 2 heteroatoms. The average molecular weight is 231 g/mol. The highest BCUT2D eigenvalue weighted by Gasteiger charge is 2.49. The van der Waals surface area contributed by atoms with Gasteiger partial charge in [-0.1, -0.05) is 36.8 Å². The molecule has 2 fully saturated rings. The first-order chi connectivity index (χ1) is 8.30. The van der Waals surface area contributed by atoms with Crippen LogP contribution in [-0.4, -0.2) is 17.7 Å². The van der Waals surface area contributed by atoms with E-state index in [1.165, 1.54) is 19.3 Å². The van der Waals surface area contributed by atoms with Gasteiger partial charge in [-0.25, -0.2) is 0 Å². The molecule has 1 aromatic rings. The summed E-state index contributed by atoms with van der Waals surface area (Å²) in [5, 5.41) is 14.1. The molecule has 1 unspecified atom stereocenters. The van der Waals surface area contributed by atoms with E-state index < -0.39 is 0 Å². The van der Waals surface area contributed by atoms with Crippen molar-refractivity contribution in [1.29, 1.82) is 0 Å². The Labute approximate surface area is 103 Å². The summed E-state index contributed by atoms with van der Waals surface area (Å²) in [6, 6.07) is 10.8. The number of benzene rings is 1. The number of rotatable bonds is 5. The quantitative estimate of drug-likeness (QED) is 0.816. The number of aliphatic hydroxyl groups excluding tert-OH is 1. The smallest absolute Gasteiger partial charge is 0.0858 e. The fraction of sp³-hybridized carbons (Fsp3) is 0.600. The van der Waals surface area contributed by atoms with Gasteiger partial charge in [-0.05, 0) is 31.2 Å². The summed E-state index contributed by atoms with van der Waals surface area (Å²) in [6.45, 7) is 0.980. The van der Waals surface area contributed by atoms with Gasteiger partial charge >= 0.3 is 0 Å². The topological polar surface area (TPSA) is 32.3 Å². The standard InChI is InChI=1S/C15H21NO/c17-14(12-5-2-1-3-6-12)15(9-10-15)11-16-13-7-4-8-13/h1-3,5-6,13-14,16-17H,4,7-11H2. The fourth-order valence-corrected chi connectivity index (χ4v) is 2.66. The molecule has 1 atom stereocenters. The average Bonchev–Trinajstić information content (AvgIpc) is 3.08. The molecule has 2 aliphatic carbocycles. The van der Waals surface area contributed by atoms with Crippen molar-refractivity contribution in [2.75, 3.05) is 6.54 Å². The molecule has 0 heterocycles. The molecule has 0 aromatic heterocycles. The first-order valence-corrected chi connectivity index (χ1v) is 6.77. The van der Waals surface area contributed by atoms with Gasteiger partial charge in [0.2, 0.25) is 0 Å². The largest absolute Gasteiger partial charge is 0.388 e. The van der Waals surface area contributed by atoms with Crippen molar-refractivity contribution in [3.8, 4) is 0 Å². The monoisotopic (exact) mass is 231 g/mol. The Hall–Kier alpha value is -0.860. The van der Waals surface area contributed by atoms with Crippen LogP contribution in [0, 0.1) is 5.41 Å². The molecule has 0 bridgehead atoms. The van der Waals surface area contributed by atoms with Crippen molar-refractivity contribution in [1.82, 2.24) is 5.32 Å². The summed E-state index contributed by atoms with van der Waals surface area (Å²) >= 11 is 0. The van der Waals surface area contributed by atoms with Crippen LogP contribution in [0.15, 0.2) is 30.3 Å². The van der Waals surface area contributed by atoms with E-state index in [2.05, 4.69) is 5.32 Å². The van der Waals surface area contributed by atoms with Crippen LogP contribution in [0.4, 0.5) is 0 Å². The highest BCUT2D eigenvalue weighted by molar-refractivity contribution is 5.22. The lowest BCUT2D eigenvalue weighted by atomic mass is 9.89. The van der Waals surface area contributed by atoms with Gasteiger partial charge in [-0.3, -0.25) is 0 Å². The van der Waals surface area contributed by atoms with E-state index in [1.54, 1.807) is 0 Å². The molecule has 0 radical (unpaired) electrons. The van der Waals surface area contributed by atoms with Gasteiger partial charge in [0.05, 0.1) is 6.10 Å². The fourth-order valence-electron chi connectivity index (χ4n) is 2.66. The normalized spacial score (nSPS) is 24.1. The molecule has 0 saturated heterocycles. The predicted octanol–water partition coefficient (Wildman–Crippen LogP) is 2.64. The zero-order chi connectivity index (χ0) is 11.7. The highest BCUT2D eigenvalue weighted by atomic mass is 16.3. The van der Waals surface area contributed by atoms with Crippen molar-refractivity contribution >= 4 is 0 Å².